The third kappa shape index (κ3) is 4.77. The van der Waals surface area contributed by atoms with Gasteiger partial charge in [-0.3, -0.25) is 4.79 Å². The number of carbonyl (C=O) groups excluding carboxylic acids is 1. The Kier molecular flexibility index (Phi) is 6.14. The van der Waals surface area contributed by atoms with E-state index in [0.29, 0.717) is 29.0 Å². The number of aromatic nitrogens is 3. The molecule has 0 spiro atoms. The average Bonchev–Trinajstić information content (AvgIpc) is 3.29. The highest BCUT2D eigenvalue weighted by Gasteiger charge is 2.10. The molecule has 0 aliphatic heterocycles. The summed E-state index contributed by atoms with van der Waals surface area (Å²) in [5.74, 6) is 1.56. The van der Waals surface area contributed by atoms with Gasteiger partial charge >= 0.3 is 0 Å². The fraction of sp³-hybridized carbons (Fsp3) is 0.167. The van der Waals surface area contributed by atoms with Gasteiger partial charge in [0.15, 0.2) is 5.16 Å². The Hall–Kier alpha value is -2.51. The van der Waals surface area contributed by atoms with Crippen LogP contribution in [0.5, 0.6) is 0 Å². The third-order valence-electron chi connectivity index (χ3n) is 3.49. The molecule has 0 atom stereocenters. The van der Waals surface area contributed by atoms with Crippen LogP contribution in [0.1, 0.15) is 5.76 Å². The number of rotatable bonds is 8. The van der Waals surface area contributed by atoms with Crippen molar-refractivity contribution in [1.29, 1.82) is 0 Å². The van der Waals surface area contributed by atoms with Gasteiger partial charge in [-0.05, 0) is 36.4 Å². The Bertz CT molecular complexity index is 889. The number of carbonyl (C=O) groups is 1. The first kappa shape index (κ1) is 18.3. The summed E-state index contributed by atoms with van der Waals surface area (Å²) in [5.41, 5.74) is 0.934. The van der Waals surface area contributed by atoms with Gasteiger partial charge in [0.25, 0.3) is 0 Å². The molecule has 2 aromatic heterocycles. The Labute approximate surface area is 160 Å². The number of furan rings is 1. The zero-order valence-electron chi connectivity index (χ0n) is 13.9. The topological polar surface area (TPSA) is 73.0 Å². The lowest BCUT2D eigenvalue weighted by Gasteiger charge is -2.04. The van der Waals surface area contributed by atoms with E-state index < -0.39 is 0 Å². The SMILES string of the molecule is C=CCn1cnnc1SCC(=O)NCc1ccc(-c2ccc(Cl)cc2)o1. The van der Waals surface area contributed by atoms with Crippen LogP contribution in [0.15, 0.2) is 65.0 Å². The van der Waals surface area contributed by atoms with Crippen LogP contribution in [0.3, 0.4) is 0 Å². The maximum absolute atomic E-state index is 12.0. The number of hydrogen-bond donors (Lipinski definition) is 1. The van der Waals surface area contributed by atoms with Crippen molar-refractivity contribution in [3.63, 3.8) is 0 Å². The van der Waals surface area contributed by atoms with Crippen molar-refractivity contribution >= 4 is 29.3 Å². The maximum atomic E-state index is 12.0. The van der Waals surface area contributed by atoms with E-state index in [1.165, 1.54) is 11.8 Å². The lowest BCUT2D eigenvalue weighted by Crippen LogP contribution is -2.24. The number of amides is 1. The predicted octanol–water partition coefficient (Wildman–Crippen LogP) is 3.79. The normalized spacial score (nSPS) is 10.7. The molecule has 8 heteroatoms. The minimum absolute atomic E-state index is 0.104. The molecule has 0 radical (unpaired) electrons. The highest BCUT2D eigenvalue weighted by atomic mass is 35.5. The molecule has 0 unspecified atom stereocenters. The van der Waals surface area contributed by atoms with Crippen molar-refractivity contribution < 1.29 is 9.21 Å². The molecule has 0 bridgehead atoms. The predicted molar refractivity (Wildman–Crippen MR) is 102 cm³/mol. The highest BCUT2D eigenvalue weighted by Crippen LogP contribution is 2.23. The van der Waals surface area contributed by atoms with Crippen LogP contribution in [0, 0.1) is 0 Å². The number of allylic oxidation sites excluding steroid dienone is 1. The molecule has 3 rings (SSSR count). The van der Waals surface area contributed by atoms with Gasteiger partial charge < -0.3 is 14.3 Å². The fourth-order valence-corrected chi connectivity index (χ4v) is 3.11. The Morgan fingerprint density at radius 2 is 2.12 bits per heavy atom. The van der Waals surface area contributed by atoms with Crippen LogP contribution < -0.4 is 5.32 Å². The Balaban J connectivity index is 1.49. The van der Waals surface area contributed by atoms with Crippen molar-refractivity contribution in [1.82, 2.24) is 20.1 Å². The number of benzene rings is 1. The molecule has 0 fully saturated rings. The van der Waals surface area contributed by atoms with Crippen LogP contribution >= 0.6 is 23.4 Å². The van der Waals surface area contributed by atoms with Crippen LogP contribution in [0.25, 0.3) is 11.3 Å². The lowest BCUT2D eigenvalue weighted by atomic mass is 10.2. The third-order valence-corrected chi connectivity index (χ3v) is 4.72. The minimum Gasteiger partial charge on any atom is -0.459 e. The van der Waals surface area contributed by atoms with Crippen LogP contribution in [0.4, 0.5) is 0 Å². The van der Waals surface area contributed by atoms with Gasteiger partial charge in [-0.1, -0.05) is 29.4 Å². The molecule has 6 nitrogen and oxygen atoms in total. The van der Waals surface area contributed by atoms with Gasteiger partial charge in [0.1, 0.15) is 17.8 Å². The van der Waals surface area contributed by atoms with E-state index in [4.69, 9.17) is 16.0 Å². The van der Waals surface area contributed by atoms with Crippen LogP contribution in [0.2, 0.25) is 5.02 Å². The van der Waals surface area contributed by atoms with Gasteiger partial charge in [0, 0.05) is 17.1 Å². The van der Waals surface area contributed by atoms with Gasteiger partial charge in [-0.2, -0.15) is 0 Å². The van der Waals surface area contributed by atoms with Crippen molar-refractivity contribution in [3.8, 4) is 11.3 Å². The van der Waals surface area contributed by atoms with Crippen LogP contribution in [-0.2, 0) is 17.9 Å². The van der Waals surface area contributed by atoms with Gasteiger partial charge in [0.2, 0.25) is 5.91 Å². The van der Waals surface area contributed by atoms with Gasteiger partial charge in [-0.25, -0.2) is 0 Å². The molecule has 1 N–H and O–H groups in total. The Morgan fingerprint density at radius 3 is 2.88 bits per heavy atom. The maximum Gasteiger partial charge on any atom is 0.230 e. The van der Waals surface area contributed by atoms with Gasteiger partial charge in [-0.15, -0.1) is 16.8 Å². The molecule has 2 heterocycles. The summed E-state index contributed by atoms with van der Waals surface area (Å²) < 4.78 is 7.59. The zero-order valence-corrected chi connectivity index (χ0v) is 15.5. The minimum atomic E-state index is -0.104. The van der Waals surface area contributed by atoms with Crippen LogP contribution in [-0.4, -0.2) is 26.4 Å². The summed E-state index contributed by atoms with van der Waals surface area (Å²) in [6, 6.07) is 11.1. The molecule has 26 heavy (non-hydrogen) atoms. The summed E-state index contributed by atoms with van der Waals surface area (Å²) in [7, 11) is 0. The number of halogens is 1. The second kappa shape index (κ2) is 8.73. The summed E-state index contributed by atoms with van der Waals surface area (Å²) in [6.45, 7) is 4.61. The fourth-order valence-electron chi connectivity index (χ4n) is 2.23. The molecule has 1 amide bonds. The second-order valence-electron chi connectivity index (χ2n) is 5.39. The number of thioether (sulfide) groups is 1. The first-order chi connectivity index (χ1) is 12.7. The zero-order chi connectivity index (χ0) is 18.4. The quantitative estimate of drug-likeness (QED) is 0.469. The molecule has 0 saturated carbocycles. The molecule has 1 aromatic carbocycles. The summed E-state index contributed by atoms with van der Waals surface area (Å²) in [6.07, 6.45) is 3.37. The largest absolute Gasteiger partial charge is 0.459 e. The van der Waals surface area contributed by atoms with E-state index >= 15 is 0 Å². The first-order valence-corrected chi connectivity index (χ1v) is 9.25. The molecule has 3 aromatic rings. The van der Waals surface area contributed by atoms with Crippen molar-refractivity contribution in [2.24, 2.45) is 0 Å². The van der Waals surface area contributed by atoms with E-state index in [9.17, 15) is 4.79 Å². The first-order valence-electron chi connectivity index (χ1n) is 7.88. The molecular formula is C18H17ClN4O2S. The van der Waals surface area contributed by atoms with E-state index in [1.54, 1.807) is 12.4 Å². The monoisotopic (exact) mass is 388 g/mol. The molecule has 0 aliphatic rings. The highest BCUT2D eigenvalue weighted by molar-refractivity contribution is 7.99. The molecular weight excluding hydrogens is 372 g/mol. The summed E-state index contributed by atoms with van der Waals surface area (Å²) in [5, 5.41) is 12.0. The molecule has 134 valence electrons. The van der Waals surface area contributed by atoms with Crippen molar-refractivity contribution in [3.05, 3.63) is 66.2 Å². The molecule has 0 aliphatic carbocycles. The smallest absolute Gasteiger partial charge is 0.230 e. The van der Waals surface area contributed by atoms with E-state index in [1.807, 2.05) is 41.0 Å². The standard InChI is InChI=1S/C18H17ClN4O2S/c1-2-9-23-12-21-22-18(23)26-11-17(24)20-10-15-7-8-16(25-15)13-3-5-14(19)6-4-13/h2-8,12H,1,9-11H2,(H,20,24). The van der Waals surface area contributed by atoms with E-state index in [0.717, 1.165) is 11.3 Å². The summed E-state index contributed by atoms with van der Waals surface area (Å²) >= 11 is 7.21. The number of nitrogens with zero attached hydrogens (tertiary/aromatic N) is 3. The summed E-state index contributed by atoms with van der Waals surface area (Å²) in [4.78, 5) is 12.0. The second-order valence-corrected chi connectivity index (χ2v) is 6.77. The average molecular weight is 389 g/mol. The van der Waals surface area contributed by atoms with E-state index in [-0.39, 0.29) is 11.7 Å². The van der Waals surface area contributed by atoms with E-state index in [2.05, 4.69) is 22.1 Å². The van der Waals surface area contributed by atoms with Crippen molar-refractivity contribution in [2.45, 2.75) is 18.2 Å². The number of hydrogen-bond acceptors (Lipinski definition) is 5. The van der Waals surface area contributed by atoms with Gasteiger partial charge in [0.05, 0.1) is 12.3 Å². The van der Waals surface area contributed by atoms with Crippen molar-refractivity contribution in [2.75, 3.05) is 5.75 Å². The number of nitrogens with one attached hydrogen (secondary N) is 1. The Morgan fingerprint density at radius 1 is 1.31 bits per heavy atom. The lowest BCUT2D eigenvalue weighted by molar-refractivity contribution is -0.118. The molecule has 0 saturated heterocycles.